The number of aromatic nitrogens is 3. The van der Waals surface area contributed by atoms with Crippen molar-refractivity contribution < 1.29 is 13.2 Å². The number of anilines is 4. The zero-order chi connectivity index (χ0) is 24.7. The Bertz CT molecular complexity index is 1540. The van der Waals surface area contributed by atoms with Crippen LogP contribution in [0.25, 0.3) is 16.7 Å². The van der Waals surface area contributed by atoms with Gasteiger partial charge < -0.3 is 20.9 Å². The van der Waals surface area contributed by atoms with Gasteiger partial charge in [-0.1, -0.05) is 18.2 Å². The van der Waals surface area contributed by atoms with Gasteiger partial charge in [-0.15, -0.1) is 0 Å². The Morgan fingerprint density at radius 1 is 1.09 bits per heavy atom. The molecule has 1 aliphatic rings. The molecule has 0 radical (unpaired) electrons. The highest BCUT2D eigenvalue weighted by Gasteiger charge is 2.29. The lowest BCUT2D eigenvalue weighted by molar-refractivity contribution is -0.117. The molecule has 0 atom stereocenters. The van der Waals surface area contributed by atoms with E-state index in [1.807, 2.05) is 41.1 Å². The van der Waals surface area contributed by atoms with E-state index >= 15 is 0 Å². The molecule has 0 saturated heterocycles. The second kappa shape index (κ2) is 8.70. The van der Waals surface area contributed by atoms with Gasteiger partial charge in [-0.05, 0) is 63.1 Å². The van der Waals surface area contributed by atoms with Crippen LogP contribution in [0.3, 0.4) is 0 Å². The number of nitrogens with two attached hydrogens (primary N) is 1. The summed E-state index contributed by atoms with van der Waals surface area (Å²) in [6.07, 6.45) is 3.69. The number of fused-ring (bicyclic) bond motifs is 1. The van der Waals surface area contributed by atoms with Crippen LogP contribution in [0.4, 0.5) is 23.1 Å². The average Bonchev–Trinajstić information content (AvgIpc) is 3.59. The highest BCUT2D eigenvalue weighted by Crippen LogP contribution is 2.33. The predicted molar refractivity (Wildman–Crippen MR) is 137 cm³/mol. The average molecular weight is 491 g/mol. The number of benzene rings is 2. The molecule has 2 aromatic heterocycles. The van der Waals surface area contributed by atoms with Crippen molar-refractivity contribution in [2.45, 2.75) is 36.8 Å². The van der Waals surface area contributed by atoms with Crippen molar-refractivity contribution in [1.29, 1.82) is 0 Å². The normalized spacial score (nSPS) is 13.8. The second-order valence-electron chi connectivity index (χ2n) is 8.88. The lowest BCUT2D eigenvalue weighted by Crippen LogP contribution is -2.16. The third kappa shape index (κ3) is 4.44. The number of amides is 1. The maximum Gasteiger partial charge on any atom is 0.227 e. The predicted octanol–water partition coefficient (Wildman–Crippen LogP) is 4.28. The van der Waals surface area contributed by atoms with Crippen molar-refractivity contribution >= 4 is 49.9 Å². The Labute approximate surface area is 203 Å². The van der Waals surface area contributed by atoms with Crippen LogP contribution >= 0.6 is 0 Å². The van der Waals surface area contributed by atoms with Crippen LogP contribution in [-0.2, 0) is 14.6 Å². The second-order valence-corrected chi connectivity index (χ2v) is 11.4. The van der Waals surface area contributed by atoms with Gasteiger partial charge in [-0.25, -0.2) is 13.4 Å². The highest BCUT2D eigenvalue weighted by atomic mass is 32.2. The number of hydrogen-bond donors (Lipinski definition) is 3. The summed E-state index contributed by atoms with van der Waals surface area (Å²) in [5.74, 6) is 0.560. The molecule has 5 rings (SSSR count). The first-order valence-corrected chi connectivity index (χ1v) is 12.9. The van der Waals surface area contributed by atoms with E-state index in [2.05, 4.69) is 20.6 Å². The fourth-order valence-corrected chi connectivity index (χ4v) is 5.09. The van der Waals surface area contributed by atoms with E-state index in [4.69, 9.17) is 5.73 Å². The van der Waals surface area contributed by atoms with E-state index in [0.29, 0.717) is 28.2 Å². The minimum absolute atomic E-state index is 0.0287. The molecule has 1 amide bonds. The van der Waals surface area contributed by atoms with Crippen molar-refractivity contribution in [1.82, 2.24) is 14.5 Å². The third-order valence-electron chi connectivity index (χ3n) is 5.96. The van der Waals surface area contributed by atoms with Crippen molar-refractivity contribution in [2.24, 2.45) is 5.92 Å². The molecule has 1 fully saturated rings. The monoisotopic (exact) mass is 490 g/mol. The molecule has 0 bridgehead atoms. The van der Waals surface area contributed by atoms with Crippen LogP contribution in [0.1, 0.15) is 26.7 Å². The quantitative estimate of drug-likeness (QED) is 0.352. The van der Waals surface area contributed by atoms with Gasteiger partial charge in [0.1, 0.15) is 5.52 Å². The van der Waals surface area contributed by atoms with Gasteiger partial charge in [0.2, 0.25) is 11.9 Å². The molecule has 0 aliphatic heterocycles. The van der Waals surface area contributed by atoms with Crippen LogP contribution < -0.4 is 16.4 Å². The Hall–Kier alpha value is -3.92. The topological polar surface area (TPSA) is 132 Å². The van der Waals surface area contributed by atoms with Crippen molar-refractivity contribution in [3.05, 3.63) is 60.8 Å². The summed E-state index contributed by atoms with van der Waals surface area (Å²) in [4.78, 5) is 21.2. The Morgan fingerprint density at radius 3 is 2.60 bits per heavy atom. The number of rotatable bonds is 7. The van der Waals surface area contributed by atoms with Crippen LogP contribution in [-0.4, -0.2) is 34.1 Å². The Kier molecular flexibility index (Phi) is 5.68. The number of para-hydroxylation sites is 1. The minimum Gasteiger partial charge on any atom is -0.368 e. The van der Waals surface area contributed by atoms with Gasteiger partial charge in [0.15, 0.2) is 15.7 Å². The first-order chi connectivity index (χ1) is 16.7. The largest absolute Gasteiger partial charge is 0.368 e. The number of nitrogens with one attached hydrogen (secondary N) is 2. The highest BCUT2D eigenvalue weighted by molar-refractivity contribution is 7.92. The van der Waals surface area contributed by atoms with E-state index in [0.717, 1.165) is 18.5 Å². The molecule has 1 aliphatic carbocycles. The van der Waals surface area contributed by atoms with Gasteiger partial charge in [0, 0.05) is 23.5 Å². The zero-order valence-electron chi connectivity index (χ0n) is 19.4. The van der Waals surface area contributed by atoms with Crippen molar-refractivity contribution in [3.8, 4) is 5.69 Å². The lowest BCUT2D eigenvalue weighted by atomic mass is 10.2. The van der Waals surface area contributed by atoms with Crippen LogP contribution in [0.2, 0.25) is 0 Å². The van der Waals surface area contributed by atoms with E-state index in [1.54, 1.807) is 38.1 Å². The van der Waals surface area contributed by atoms with Gasteiger partial charge >= 0.3 is 0 Å². The molecule has 35 heavy (non-hydrogen) atoms. The van der Waals surface area contributed by atoms with Crippen LogP contribution in [0.15, 0.2) is 65.7 Å². The Balaban J connectivity index is 1.59. The molecular formula is C25H26N6O3S. The molecule has 4 N–H and O–H groups in total. The van der Waals surface area contributed by atoms with E-state index in [-0.39, 0.29) is 22.7 Å². The van der Waals surface area contributed by atoms with E-state index < -0.39 is 15.1 Å². The maximum absolute atomic E-state index is 13.0. The number of carbonyl (C=O) groups is 1. The Morgan fingerprint density at radius 2 is 1.86 bits per heavy atom. The van der Waals surface area contributed by atoms with E-state index in [9.17, 15) is 13.2 Å². The van der Waals surface area contributed by atoms with Gasteiger partial charge in [-0.3, -0.25) is 4.79 Å². The smallest absolute Gasteiger partial charge is 0.227 e. The summed E-state index contributed by atoms with van der Waals surface area (Å²) in [6, 6.07) is 16.0. The van der Waals surface area contributed by atoms with Crippen molar-refractivity contribution in [2.75, 3.05) is 16.4 Å². The summed E-state index contributed by atoms with van der Waals surface area (Å²) in [7, 11) is -3.54. The van der Waals surface area contributed by atoms with Gasteiger partial charge in [0.25, 0.3) is 0 Å². The summed E-state index contributed by atoms with van der Waals surface area (Å²) in [6.45, 7) is 3.29. The number of carbonyl (C=O) groups excluding carboxylic acids is 1. The van der Waals surface area contributed by atoms with E-state index in [1.165, 1.54) is 0 Å². The molecule has 1 saturated carbocycles. The van der Waals surface area contributed by atoms with Gasteiger partial charge in [-0.2, -0.15) is 4.98 Å². The van der Waals surface area contributed by atoms with Gasteiger partial charge in [0.05, 0.1) is 21.3 Å². The number of hydrogen-bond acceptors (Lipinski definition) is 7. The minimum atomic E-state index is -3.54. The molecule has 2 heterocycles. The molecule has 0 unspecified atom stereocenters. The lowest BCUT2D eigenvalue weighted by Gasteiger charge is -2.16. The number of sulfone groups is 1. The van der Waals surface area contributed by atoms with Crippen molar-refractivity contribution in [3.63, 3.8) is 0 Å². The summed E-state index contributed by atoms with van der Waals surface area (Å²) < 4.78 is 27.8. The SMILES string of the molecule is CC(C)S(=O)(=O)c1ccccc1Nc1nc(N)nc2ccn(-c3cccc(NC(=O)C4CC4)c3)c12. The molecule has 9 nitrogen and oxygen atoms in total. The molecular weight excluding hydrogens is 464 g/mol. The first kappa shape index (κ1) is 22.9. The summed E-state index contributed by atoms with van der Waals surface area (Å²) >= 11 is 0. The molecule has 2 aromatic carbocycles. The molecule has 0 spiro atoms. The zero-order valence-corrected chi connectivity index (χ0v) is 20.2. The number of nitrogen functional groups attached to an aromatic ring is 1. The number of nitrogens with zero attached hydrogens (tertiary/aromatic N) is 3. The molecule has 180 valence electrons. The summed E-state index contributed by atoms with van der Waals surface area (Å²) in [5.41, 5.74) is 9.08. The molecule has 4 aromatic rings. The summed E-state index contributed by atoms with van der Waals surface area (Å²) in [5, 5.41) is 5.56. The van der Waals surface area contributed by atoms with Crippen LogP contribution in [0, 0.1) is 5.92 Å². The fraction of sp³-hybridized carbons (Fsp3) is 0.240. The first-order valence-electron chi connectivity index (χ1n) is 11.4. The molecule has 10 heteroatoms. The third-order valence-corrected chi connectivity index (χ3v) is 8.17. The maximum atomic E-state index is 13.0. The standard InChI is InChI=1S/C25H26N6O3S/c1-15(2)35(33,34)21-9-4-3-8-19(21)28-23-22-20(29-25(26)30-23)12-13-31(22)18-7-5-6-17(14-18)27-24(32)16-10-11-16/h3-9,12-16H,10-11H2,1-2H3,(H,27,32)(H3,26,28,29,30). The van der Waals surface area contributed by atoms with Crippen LogP contribution in [0.5, 0.6) is 0 Å². The fourth-order valence-electron chi connectivity index (χ4n) is 3.89.